The third kappa shape index (κ3) is 19.8. The van der Waals surface area contributed by atoms with Gasteiger partial charge in [-0.25, -0.2) is 33.7 Å². The molecule has 0 spiro atoms. The Labute approximate surface area is 446 Å². The molecule has 0 bridgehead atoms. The van der Waals surface area contributed by atoms with Crippen molar-refractivity contribution < 1.29 is 173 Å². The van der Waals surface area contributed by atoms with E-state index in [4.69, 9.17) is 35.0 Å². The maximum atomic E-state index is 12.8. The van der Waals surface area contributed by atoms with Gasteiger partial charge in [-0.1, -0.05) is 34.4 Å². The van der Waals surface area contributed by atoms with Crippen LogP contribution in [0.4, 0.5) is 34.1 Å². The van der Waals surface area contributed by atoms with Crippen LogP contribution in [0.2, 0.25) is 0 Å². The number of phenols is 2. The number of rotatable bonds is 11. The summed E-state index contributed by atoms with van der Waals surface area (Å²) in [6.07, 6.45) is 0. The van der Waals surface area contributed by atoms with Crippen molar-refractivity contribution in [3.8, 4) is 11.5 Å². The maximum Gasteiger partial charge on any atom is 1.00 e. The molecule has 0 unspecified atom stereocenters. The summed E-state index contributed by atoms with van der Waals surface area (Å²) < 4.78 is 114. The van der Waals surface area contributed by atoms with Gasteiger partial charge in [-0.05, 0) is 67.1 Å². The van der Waals surface area contributed by atoms with Crippen molar-refractivity contribution in [2.24, 2.45) is 20.5 Å². The van der Waals surface area contributed by atoms with Crippen molar-refractivity contribution in [3.05, 3.63) is 110 Å². The van der Waals surface area contributed by atoms with E-state index in [1.807, 2.05) is 0 Å². The van der Waals surface area contributed by atoms with Crippen LogP contribution in [0.1, 0.15) is 15.9 Å². The molecule has 5 rings (SSSR count). The van der Waals surface area contributed by atoms with Crippen LogP contribution >= 0.6 is 0 Å². The van der Waals surface area contributed by atoms with E-state index in [0.717, 1.165) is 6.07 Å². The van der Waals surface area contributed by atoms with Gasteiger partial charge in [-0.3, -0.25) is 13.9 Å². The zero-order valence-corrected chi connectivity index (χ0v) is 44.5. The first-order chi connectivity index (χ1) is 27.8. The summed E-state index contributed by atoms with van der Waals surface area (Å²) in [6.45, 7) is 8.42. The minimum absolute atomic E-state index is 0. The predicted molar refractivity (Wildman–Crippen MR) is 216 cm³/mol. The number of hydrogen-bond donors (Lipinski definition) is 6. The van der Waals surface area contributed by atoms with Crippen molar-refractivity contribution >= 4 is 91.3 Å². The van der Waals surface area contributed by atoms with Crippen LogP contribution in [-0.2, 0) is 57.5 Å². The van der Waals surface area contributed by atoms with E-state index in [9.17, 15) is 31.8 Å². The molecular formula is C35H33CuN6Na3O15S4-2. The van der Waals surface area contributed by atoms with Crippen LogP contribution in [0.25, 0.3) is 10.8 Å². The van der Waals surface area contributed by atoms with E-state index < -0.39 is 52.1 Å². The molecule has 0 fully saturated rings. The molecule has 0 aliphatic carbocycles. The van der Waals surface area contributed by atoms with Crippen LogP contribution < -0.4 is 99.3 Å². The Hall–Kier alpha value is -2.41. The number of carbonyl (C=O) groups is 1. The molecule has 1 amide bonds. The third-order valence-corrected chi connectivity index (χ3v) is 10.7. The summed E-state index contributed by atoms with van der Waals surface area (Å²) in [5, 5.41) is 44.8. The van der Waals surface area contributed by atoms with Crippen LogP contribution in [0.3, 0.4) is 0 Å². The summed E-state index contributed by atoms with van der Waals surface area (Å²) >= 11 is 0. The topological polar surface area (TPSA) is 354 Å². The summed E-state index contributed by atoms with van der Waals surface area (Å²) in [7, 11) is -15.3. The molecule has 0 aromatic heterocycles. The number of amides is 1. The van der Waals surface area contributed by atoms with E-state index >= 15 is 0 Å². The Morgan fingerprint density at radius 3 is 1.84 bits per heavy atom. The van der Waals surface area contributed by atoms with Gasteiger partial charge in [-0.15, -0.1) is 5.11 Å². The SMILES string of the molecule is O=S(=O)([O-])O.O=S(=O)([O-])O.[CH2-]CS(=O)(=O)c1cccc(NC(=O)c2ccc(N=Nc3c(NC)ccc4c(O)c(N=Nc5cc(C)c(S(=O)(=O)C[CH2-])cc5O)[c-]cc34)cc2)c1.[Cu].[Na+].[Na+].[Na+]. The van der Waals surface area contributed by atoms with Crippen LogP contribution in [-0.4, -0.2) is 86.6 Å². The van der Waals surface area contributed by atoms with Gasteiger partial charge in [0.25, 0.3) is 5.91 Å². The zero-order valence-electron chi connectivity index (χ0n) is 34.3. The van der Waals surface area contributed by atoms with E-state index in [-0.39, 0.29) is 144 Å². The minimum atomic E-state index is -4.92. The number of aromatic hydroxyl groups is 2. The number of carbonyl (C=O) groups excluding carboxylic acids is 1. The standard InChI is InChI=1S/C35H31N6O7S2.Cu.3Na.2H2O4S/c1-5-49(45,46)25-9-7-8-24(19-25)37-35(44)22-10-12-23(13-11-22)38-41-33-26-14-17-29(34(43)27(26)15-16-28(33)36-4)39-40-30-18-21(3)32(20-31(30)42)50(47,48)6-2;;;;;2*1-5(2,3)4/h7-16,18-20,36,42-43H,1-2,5-6H2,3-4H3,(H,37,44);;;;;2*(H2,1,2,3,4)/q-3;;3*+1;;/p-2. The maximum absolute atomic E-state index is 12.8. The molecule has 1 radical (unpaired) electrons. The molecule has 21 nitrogen and oxygen atoms in total. The molecule has 5 aromatic carbocycles. The molecule has 0 aliphatic heterocycles. The zero-order chi connectivity index (χ0) is 45.2. The van der Waals surface area contributed by atoms with Gasteiger partial charge >= 0.3 is 88.7 Å². The third-order valence-electron chi connectivity index (χ3n) is 7.57. The molecule has 29 heteroatoms. The number of azo groups is 2. The molecule has 0 saturated heterocycles. The number of hydrogen-bond acceptors (Lipinski definition) is 18. The first kappa shape index (κ1) is 63.7. The number of phenolic OH excluding ortho intramolecular Hbond substituents is 2. The Kier molecular flexibility index (Phi) is 27.3. The van der Waals surface area contributed by atoms with E-state index in [0.29, 0.717) is 44.6 Å². The quantitative estimate of drug-likeness (QED) is 0.0248. The Morgan fingerprint density at radius 1 is 0.750 bits per heavy atom. The first-order valence-corrected chi connectivity index (χ1v) is 22.3. The molecule has 0 heterocycles. The number of anilines is 2. The van der Waals surface area contributed by atoms with Gasteiger partial charge in [0, 0.05) is 58.6 Å². The average Bonchev–Trinajstić information content (AvgIpc) is 3.16. The smallest absolute Gasteiger partial charge is 0.726 e. The Morgan fingerprint density at radius 2 is 1.31 bits per heavy atom. The molecular weight excluding hydrogens is 1010 g/mol. The number of nitrogens with zero attached hydrogens (tertiary/aromatic N) is 4. The largest absolute Gasteiger partial charge is 1.00 e. The van der Waals surface area contributed by atoms with Crippen molar-refractivity contribution in [2.75, 3.05) is 29.2 Å². The van der Waals surface area contributed by atoms with Gasteiger partial charge in [0.05, 0.1) is 21.2 Å². The van der Waals surface area contributed by atoms with Gasteiger partial charge in [0.2, 0.25) is 20.8 Å². The fraction of sp³-hybridized carbons (Fsp3) is 0.114. The summed E-state index contributed by atoms with van der Waals surface area (Å²) in [4.78, 5) is 12.8. The molecule has 0 aliphatic rings. The first-order valence-electron chi connectivity index (χ1n) is 16.2. The van der Waals surface area contributed by atoms with Gasteiger partial charge in [-0.2, -0.15) is 27.5 Å². The van der Waals surface area contributed by atoms with Crippen molar-refractivity contribution in [3.63, 3.8) is 0 Å². The van der Waals surface area contributed by atoms with Crippen LogP contribution in [0.15, 0.2) is 109 Å². The second kappa shape index (κ2) is 27.4. The van der Waals surface area contributed by atoms with E-state index in [1.165, 1.54) is 24.3 Å². The summed E-state index contributed by atoms with van der Waals surface area (Å²) in [6, 6.07) is 22.4. The number of nitrogens with one attached hydrogen (secondary N) is 2. The van der Waals surface area contributed by atoms with Crippen molar-refractivity contribution in [1.82, 2.24) is 0 Å². The average molecular weight is 1040 g/mol. The number of fused-ring (bicyclic) bond motifs is 1. The summed E-state index contributed by atoms with van der Waals surface area (Å²) in [5.41, 5.74) is 2.34. The van der Waals surface area contributed by atoms with Crippen molar-refractivity contribution in [1.29, 1.82) is 0 Å². The Balaban J connectivity index is 0. The van der Waals surface area contributed by atoms with Crippen molar-refractivity contribution in [2.45, 2.75) is 16.7 Å². The van der Waals surface area contributed by atoms with Gasteiger partial charge < -0.3 is 43.8 Å². The fourth-order valence-electron chi connectivity index (χ4n) is 4.85. The number of sulfone groups is 2. The van der Waals surface area contributed by atoms with Crippen LogP contribution in [0.5, 0.6) is 11.5 Å². The molecule has 6 N–H and O–H groups in total. The molecule has 0 atom stereocenters. The Bertz CT molecular complexity index is 2890. The molecule has 5 aromatic rings. The minimum Gasteiger partial charge on any atom is -0.726 e. The summed E-state index contributed by atoms with van der Waals surface area (Å²) in [5.74, 6) is -1.80. The fourth-order valence-corrected chi connectivity index (χ4v) is 6.74. The monoisotopic (exact) mass is 1040 g/mol. The van der Waals surface area contributed by atoms with Gasteiger partial charge in [0.15, 0.2) is 19.7 Å². The van der Waals surface area contributed by atoms with E-state index in [1.54, 1.807) is 62.5 Å². The van der Waals surface area contributed by atoms with Crippen LogP contribution in [0, 0.1) is 26.8 Å². The normalized spacial score (nSPS) is 11.3. The van der Waals surface area contributed by atoms with E-state index in [2.05, 4.69) is 51.0 Å². The molecule has 333 valence electrons. The second-order valence-electron chi connectivity index (χ2n) is 11.7. The van der Waals surface area contributed by atoms with Gasteiger partial charge in [0.1, 0.15) is 11.4 Å². The molecule has 0 saturated carbocycles. The number of benzene rings is 5. The second-order valence-corrected chi connectivity index (χ2v) is 17.6. The number of aryl methyl sites for hydroxylation is 1. The molecule has 64 heavy (non-hydrogen) atoms. The predicted octanol–water partition coefficient (Wildman–Crippen LogP) is -3.28.